The maximum atomic E-state index is 12.0. The maximum Gasteiger partial charge on any atom is 0.337 e. The number of carbonyl (C=O) groups is 2. The van der Waals surface area contributed by atoms with Gasteiger partial charge in [-0.05, 0) is 17.7 Å². The van der Waals surface area contributed by atoms with Gasteiger partial charge in [-0.2, -0.15) is 0 Å². The van der Waals surface area contributed by atoms with Crippen molar-refractivity contribution in [2.24, 2.45) is 0 Å². The lowest BCUT2D eigenvalue weighted by Crippen LogP contribution is -2.33. The highest BCUT2D eigenvalue weighted by Gasteiger charge is 2.43. The van der Waals surface area contributed by atoms with Gasteiger partial charge in [0.25, 0.3) is 0 Å². The van der Waals surface area contributed by atoms with E-state index in [1.54, 1.807) is 6.20 Å². The van der Waals surface area contributed by atoms with Gasteiger partial charge in [-0.3, -0.25) is 4.79 Å². The number of fused-ring (bicyclic) bond motifs is 1. The van der Waals surface area contributed by atoms with E-state index in [0.29, 0.717) is 18.5 Å². The molecule has 0 N–H and O–H groups in total. The molecule has 0 radical (unpaired) electrons. The standard InChI is InChI=1S/C14H13BrN2O3/c1-20-14(19)11-8-17-12(18)5-6-16(17)13(11)9-3-2-4-10(15)7-9/h2-4,7-8,13H,5-6H2,1H3/t13-/m1/s1. The number of carbonyl (C=O) groups excluding carboxylic acids is 2. The SMILES string of the molecule is COC(=O)C1=CN2C(=O)CCN2[C@@H]1c1cccc(Br)c1. The first-order chi connectivity index (χ1) is 9.61. The molecular weight excluding hydrogens is 324 g/mol. The molecule has 6 heteroatoms. The fourth-order valence-electron chi connectivity index (χ4n) is 2.65. The van der Waals surface area contributed by atoms with Crippen LogP contribution in [-0.4, -0.2) is 35.5 Å². The van der Waals surface area contributed by atoms with Crippen molar-refractivity contribution in [3.63, 3.8) is 0 Å². The highest BCUT2D eigenvalue weighted by molar-refractivity contribution is 9.10. The third kappa shape index (κ3) is 2.05. The molecule has 2 aliphatic rings. The number of ether oxygens (including phenoxy) is 1. The van der Waals surface area contributed by atoms with Crippen LogP contribution in [0.1, 0.15) is 18.0 Å². The van der Waals surface area contributed by atoms with E-state index in [1.807, 2.05) is 29.3 Å². The second kappa shape index (κ2) is 5.03. The van der Waals surface area contributed by atoms with Gasteiger partial charge in [0.2, 0.25) is 5.91 Å². The Balaban J connectivity index is 2.04. The molecule has 104 valence electrons. The molecule has 3 rings (SSSR count). The smallest absolute Gasteiger partial charge is 0.337 e. The molecule has 2 heterocycles. The van der Waals surface area contributed by atoms with Gasteiger partial charge >= 0.3 is 5.97 Å². The molecule has 1 amide bonds. The molecule has 0 aliphatic carbocycles. The summed E-state index contributed by atoms with van der Waals surface area (Å²) in [5.41, 5.74) is 1.44. The van der Waals surface area contributed by atoms with Crippen molar-refractivity contribution < 1.29 is 14.3 Å². The van der Waals surface area contributed by atoms with Crippen LogP contribution < -0.4 is 0 Å². The maximum absolute atomic E-state index is 12.0. The molecule has 0 saturated carbocycles. The fourth-order valence-corrected chi connectivity index (χ4v) is 3.07. The van der Waals surface area contributed by atoms with Gasteiger partial charge < -0.3 is 4.74 Å². The van der Waals surface area contributed by atoms with E-state index >= 15 is 0 Å². The van der Waals surface area contributed by atoms with Crippen LogP contribution in [0.2, 0.25) is 0 Å². The highest BCUT2D eigenvalue weighted by Crippen LogP contribution is 2.39. The molecule has 1 saturated heterocycles. The number of hydrazine groups is 1. The summed E-state index contributed by atoms with van der Waals surface area (Å²) in [6.45, 7) is 0.604. The molecule has 1 aromatic rings. The van der Waals surface area contributed by atoms with Crippen LogP contribution in [0.5, 0.6) is 0 Å². The first-order valence-corrected chi connectivity index (χ1v) is 7.05. The molecule has 2 aliphatic heterocycles. The van der Waals surface area contributed by atoms with Crippen LogP contribution in [0.15, 0.2) is 40.5 Å². The normalized spacial score (nSPS) is 21.9. The van der Waals surface area contributed by atoms with E-state index in [9.17, 15) is 9.59 Å². The van der Waals surface area contributed by atoms with Gasteiger partial charge in [0.1, 0.15) is 0 Å². The Labute approximate surface area is 124 Å². The van der Waals surface area contributed by atoms with Crippen LogP contribution in [0, 0.1) is 0 Å². The number of hydrogen-bond acceptors (Lipinski definition) is 4. The Kier molecular flexibility index (Phi) is 3.35. The summed E-state index contributed by atoms with van der Waals surface area (Å²) in [5, 5.41) is 3.42. The topological polar surface area (TPSA) is 49.9 Å². The molecule has 5 nitrogen and oxygen atoms in total. The van der Waals surface area contributed by atoms with Crippen LogP contribution >= 0.6 is 15.9 Å². The van der Waals surface area contributed by atoms with E-state index in [-0.39, 0.29) is 11.9 Å². The largest absolute Gasteiger partial charge is 0.466 e. The Hall–Kier alpha value is -1.66. The van der Waals surface area contributed by atoms with E-state index in [2.05, 4.69) is 15.9 Å². The van der Waals surface area contributed by atoms with Crippen molar-refractivity contribution in [2.75, 3.05) is 13.7 Å². The number of hydrogen-bond donors (Lipinski definition) is 0. The number of nitrogens with zero attached hydrogens (tertiary/aromatic N) is 2. The minimum Gasteiger partial charge on any atom is -0.466 e. The number of halogens is 1. The van der Waals surface area contributed by atoms with Gasteiger partial charge in [-0.15, -0.1) is 0 Å². The second-order valence-electron chi connectivity index (χ2n) is 4.68. The zero-order valence-electron chi connectivity index (χ0n) is 10.9. The number of esters is 1. The highest BCUT2D eigenvalue weighted by atomic mass is 79.9. The van der Waals surface area contributed by atoms with Gasteiger partial charge in [-0.25, -0.2) is 14.8 Å². The number of methoxy groups -OCH3 is 1. The molecule has 1 atom stereocenters. The van der Waals surface area contributed by atoms with Crippen molar-refractivity contribution in [3.8, 4) is 0 Å². The minimum atomic E-state index is -0.405. The molecule has 0 bridgehead atoms. The van der Waals surface area contributed by atoms with Crippen LogP contribution in [-0.2, 0) is 14.3 Å². The average molecular weight is 337 g/mol. The Morgan fingerprint density at radius 3 is 2.95 bits per heavy atom. The number of benzene rings is 1. The first-order valence-electron chi connectivity index (χ1n) is 6.26. The number of amides is 1. The lowest BCUT2D eigenvalue weighted by Gasteiger charge is -2.26. The lowest BCUT2D eigenvalue weighted by atomic mass is 10.00. The third-order valence-corrected chi connectivity index (χ3v) is 4.02. The van der Waals surface area contributed by atoms with Crippen molar-refractivity contribution in [2.45, 2.75) is 12.5 Å². The Morgan fingerprint density at radius 2 is 2.25 bits per heavy atom. The zero-order chi connectivity index (χ0) is 14.3. The zero-order valence-corrected chi connectivity index (χ0v) is 12.5. The molecule has 20 heavy (non-hydrogen) atoms. The van der Waals surface area contributed by atoms with Crippen LogP contribution in [0.4, 0.5) is 0 Å². The third-order valence-electron chi connectivity index (χ3n) is 3.53. The monoisotopic (exact) mass is 336 g/mol. The van der Waals surface area contributed by atoms with Gasteiger partial charge in [-0.1, -0.05) is 28.1 Å². The summed E-state index contributed by atoms with van der Waals surface area (Å²) in [5.74, 6) is -0.402. The molecule has 0 aromatic heterocycles. The van der Waals surface area contributed by atoms with Crippen molar-refractivity contribution >= 4 is 27.8 Å². The lowest BCUT2D eigenvalue weighted by molar-refractivity contribution is -0.137. The summed E-state index contributed by atoms with van der Waals surface area (Å²) in [6, 6.07) is 7.46. The second-order valence-corrected chi connectivity index (χ2v) is 5.60. The molecule has 1 aromatic carbocycles. The van der Waals surface area contributed by atoms with Crippen molar-refractivity contribution in [3.05, 3.63) is 46.1 Å². The average Bonchev–Trinajstić information content (AvgIpc) is 2.98. The van der Waals surface area contributed by atoms with Crippen LogP contribution in [0.3, 0.4) is 0 Å². The molecule has 1 fully saturated rings. The van der Waals surface area contributed by atoms with Gasteiger partial charge in [0, 0.05) is 23.6 Å². The summed E-state index contributed by atoms with van der Waals surface area (Å²) < 4.78 is 5.77. The van der Waals surface area contributed by atoms with Crippen molar-refractivity contribution in [1.82, 2.24) is 10.0 Å². The quantitative estimate of drug-likeness (QED) is 0.775. The Morgan fingerprint density at radius 1 is 1.45 bits per heavy atom. The van der Waals surface area contributed by atoms with E-state index in [1.165, 1.54) is 12.1 Å². The molecular formula is C14H13BrN2O3. The van der Waals surface area contributed by atoms with Gasteiger partial charge in [0.15, 0.2) is 0 Å². The van der Waals surface area contributed by atoms with E-state index < -0.39 is 5.97 Å². The fraction of sp³-hybridized carbons (Fsp3) is 0.286. The minimum absolute atomic E-state index is 0.00361. The van der Waals surface area contributed by atoms with E-state index in [0.717, 1.165) is 10.0 Å². The summed E-state index contributed by atoms with van der Waals surface area (Å²) >= 11 is 3.43. The molecule has 0 spiro atoms. The number of rotatable bonds is 2. The summed E-state index contributed by atoms with van der Waals surface area (Å²) in [4.78, 5) is 23.8. The summed E-state index contributed by atoms with van der Waals surface area (Å²) in [7, 11) is 1.35. The predicted octanol–water partition coefficient (Wildman–Crippen LogP) is 2.01. The van der Waals surface area contributed by atoms with Crippen LogP contribution in [0.25, 0.3) is 0 Å². The predicted molar refractivity (Wildman–Crippen MR) is 75.2 cm³/mol. The van der Waals surface area contributed by atoms with Gasteiger partial charge in [0.05, 0.1) is 18.7 Å². The summed E-state index contributed by atoms with van der Waals surface area (Å²) in [6.07, 6.45) is 2.06. The first kappa shape index (κ1) is 13.3. The Bertz CT molecular complexity index is 614. The van der Waals surface area contributed by atoms with Crippen molar-refractivity contribution in [1.29, 1.82) is 0 Å². The molecule has 0 unspecified atom stereocenters. The van der Waals surface area contributed by atoms with E-state index in [4.69, 9.17) is 4.74 Å².